The Morgan fingerprint density at radius 3 is 2.41 bits per heavy atom. The molecule has 0 amide bonds. The summed E-state index contributed by atoms with van der Waals surface area (Å²) < 4.78 is 47.9. The topological polar surface area (TPSA) is 120 Å². The summed E-state index contributed by atoms with van der Waals surface area (Å²) in [5.41, 5.74) is 5.69. The van der Waals surface area contributed by atoms with Gasteiger partial charge < -0.3 is 15.4 Å². The summed E-state index contributed by atoms with van der Waals surface area (Å²) in [6.07, 6.45) is -0.343. The zero-order valence-corrected chi connectivity index (χ0v) is 17.5. The van der Waals surface area contributed by atoms with Gasteiger partial charge in [0.1, 0.15) is 18.9 Å². The van der Waals surface area contributed by atoms with E-state index in [1.54, 1.807) is 30.9 Å². The molecular formula is C18H28FN5O4S. The highest BCUT2D eigenvalue weighted by Gasteiger charge is 2.31. The average molecular weight is 430 g/mol. The van der Waals surface area contributed by atoms with Crippen molar-refractivity contribution in [2.45, 2.75) is 26.9 Å². The van der Waals surface area contributed by atoms with Crippen molar-refractivity contribution in [2.75, 3.05) is 44.2 Å². The van der Waals surface area contributed by atoms with Crippen molar-refractivity contribution in [2.24, 2.45) is 5.73 Å². The van der Waals surface area contributed by atoms with E-state index in [1.807, 2.05) is 0 Å². The van der Waals surface area contributed by atoms with Crippen LogP contribution in [0.3, 0.4) is 0 Å². The normalized spacial score (nSPS) is 15.5. The highest BCUT2D eigenvalue weighted by atomic mass is 32.2. The van der Waals surface area contributed by atoms with Crippen molar-refractivity contribution >= 4 is 27.7 Å². The van der Waals surface area contributed by atoms with Crippen LogP contribution < -0.4 is 10.6 Å². The summed E-state index contributed by atoms with van der Waals surface area (Å²) in [5.74, 6) is -1.53. The number of piperazine rings is 1. The van der Waals surface area contributed by atoms with Gasteiger partial charge in [-0.05, 0) is 6.07 Å². The number of hydrogen-bond acceptors (Lipinski definition) is 6. The van der Waals surface area contributed by atoms with Crippen LogP contribution in [-0.2, 0) is 26.3 Å². The first-order valence-corrected chi connectivity index (χ1v) is 10.9. The van der Waals surface area contributed by atoms with Gasteiger partial charge in [-0.15, -0.1) is 0 Å². The van der Waals surface area contributed by atoms with Gasteiger partial charge in [-0.2, -0.15) is 17.0 Å². The van der Waals surface area contributed by atoms with E-state index in [1.165, 1.54) is 14.7 Å². The van der Waals surface area contributed by atoms with Gasteiger partial charge in [0.05, 0.1) is 5.69 Å². The zero-order chi connectivity index (χ0) is 21.6. The molecule has 1 fully saturated rings. The molecule has 1 aliphatic heterocycles. The number of carbonyl (C=O) groups is 1. The second-order valence-corrected chi connectivity index (χ2v) is 8.52. The molecule has 1 heterocycles. The van der Waals surface area contributed by atoms with Crippen LogP contribution in [0, 0.1) is 11.2 Å². The van der Waals surface area contributed by atoms with Gasteiger partial charge in [0.15, 0.2) is 5.82 Å². The number of rotatable bonds is 9. The Morgan fingerprint density at radius 2 is 1.86 bits per heavy atom. The van der Waals surface area contributed by atoms with E-state index in [2.05, 4.69) is 0 Å². The molecule has 1 aromatic rings. The third-order valence-corrected chi connectivity index (χ3v) is 6.91. The predicted octanol–water partition coefficient (Wildman–Crippen LogP) is 0.904. The summed E-state index contributed by atoms with van der Waals surface area (Å²) in [4.78, 5) is 13.3. The van der Waals surface area contributed by atoms with Gasteiger partial charge in [0.25, 0.3) is 10.2 Å². The molecule has 29 heavy (non-hydrogen) atoms. The molecule has 0 bridgehead atoms. The van der Waals surface area contributed by atoms with Crippen molar-refractivity contribution in [1.82, 2.24) is 8.61 Å². The van der Waals surface area contributed by atoms with Crippen LogP contribution in [0.1, 0.15) is 25.8 Å². The molecule has 0 atom stereocenters. The Kier molecular flexibility index (Phi) is 7.94. The zero-order valence-electron chi connectivity index (χ0n) is 16.7. The first-order chi connectivity index (χ1) is 13.7. The van der Waals surface area contributed by atoms with Gasteiger partial charge in [-0.3, -0.25) is 10.2 Å². The quantitative estimate of drug-likeness (QED) is 0.342. The van der Waals surface area contributed by atoms with Gasteiger partial charge in [-0.25, -0.2) is 4.39 Å². The van der Waals surface area contributed by atoms with Gasteiger partial charge in [0, 0.05) is 44.8 Å². The number of esters is 1. The molecule has 2 rings (SSSR count). The molecule has 9 nitrogen and oxygen atoms in total. The number of halogens is 1. The maximum absolute atomic E-state index is 14.9. The van der Waals surface area contributed by atoms with Crippen LogP contribution >= 0.6 is 0 Å². The van der Waals surface area contributed by atoms with E-state index in [0.29, 0.717) is 31.9 Å². The van der Waals surface area contributed by atoms with E-state index in [-0.39, 0.29) is 37.5 Å². The number of amidine groups is 1. The lowest BCUT2D eigenvalue weighted by molar-refractivity contribution is -0.143. The minimum absolute atomic E-state index is 0.206. The number of nitrogens with zero attached hydrogens (tertiary/aromatic N) is 3. The first-order valence-electron chi connectivity index (χ1n) is 9.46. The van der Waals surface area contributed by atoms with E-state index >= 15 is 0 Å². The van der Waals surface area contributed by atoms with Crippen molar-refractivity contribution in [1.29, 1.82) is 5.41 Å². The molecule has 0 aliphatic carbocycles. The lowest BCUT2D eigenvalue weighted by Crippen LogP contribution is -2.53. The summed E-state index contributed by atoms with van der Waals surface area (Å²) >= 11 is 0. The molecule has 0 aromatic heterocycles. The number of hydrogen-bond donors (Lipinski definition) is 2. The molecule has 1 aromatic carbocycles. The Balaban J connectivity index is 2.04. The summed E-state index contributed by atoms with van der Waals surface area (Å²) in [5, 5.41) is 7.08. The van der Waals surface area contributed by atoms with Crippen LogP contribution in [-0.4, -0.2) is 68.1 Å². The smallest absolute Gasteiger partial charge is 0.313 e. The molecule has 0 saturated carbocycles. The average Bonchev–Trinajstić information content (AvgIpc) is 2.67. The van der Waals surface area contributed by atoms with E-state index in [4.69, 9.17) is 15.9 Å². The fourth-order valence-corrected chi connectivity index (χ4v) is 4.76. The fraction of sp³-hybridized carbons (Fsp3) is 0.556. The van der Waals surface area contributed by atoms with Crippen LogP contribution in [0.2, 0.25) is 0 Å². The Hall–Kier alpha value is -2.24. The van der Waals surface area contributed by atoms with Crippen LogP contribution in [0.25, 0.3) is 0 Å². The summed E-state index contributed by atoms with van der Waals surface area (Å²) in [7, 11) is -3.52. The second-order valence-electron chi connectivity index (χ2n) is 6.59. The van der Waals surface area contributed by atoms with E-state index in [9.17, 15) is 17.6 Å². The number of carbonyl (C=O) groups excluding carboxylic acids is 1. The Bertz CT molecular complexity index is 837. The molecule has 11 heteroatoms. The molecule has 1 aliphatic rings. The number of benzene rings is 1. The lowest BCUT2D eigenvalue weighted by atomic mass is 10.1. The molecule has 0 radical (unpaired) electrons. The minimum Gasteiger partial charge on any atom is -0.460 e. The molecule has 1 saturated heterocycles. The van der Waals surface area contributed by atoms with Crippen molar-refractivity contribution < 1.29 is 22.3 Å². The minimum atomic E-state index is -3.52. The lowest BCUT2D eigenvalue weighted by Gasteiger charge is -2.37. The van der Waals surface area contributed by atoms with Crippen LogP contribution in [0.15, 0.2) is 18.2 Å². The molecule has 0 unspecified atom stereocenters. The molecule has 3 N–H and O–H groups in total. The maximum atomic E-state index is 14.9. The monoisotopic (exact) mass is 429 g/mol. The van der Waals surface area contributed by atoms with Gasteiger partial charge >= 0.3 is 5.97 Å². The van der Waals surface area contributed by atoms with Gasteiger partial charge in [0.2, 0.25) is 0 Å². The highest BCUT2D eigenvalue weighted by Crippen LogP contribution is 2.25. The molecule has 0 spiro atoms. The fourth-order valence-electron chi connectivity index (χ4n) is 3.16. The highest BCUT2D eigenvalue weighted by molar-refractivity contribution is 7.86. The Labute approximate surface area is 170 Å². The number of ether oxygens (including phenoxy) is 1. The number of nitrogens with two attached hydrogens (primary N) is 1. The molecule has 162 valence electrons. The number of nitrogens with one attached hydrogen (secondary N) is 1. The summed E-state index contributed by atoms with van der Waals surface area (Å²) in [6.45, 7) is 5.35. The maximum Gasteiger partial charge on any atom is 0.313 e. The third kappa shape index (κ3) is 5.64. The van der Waals surface area contributed by atoms with E-state index < -0.39 is 22.0 Å². The standard InChI is InChI=1S/C18H28FN5O4S/c1-3-23(4-2)29(26,27)24-10-8-22(9-11-24)15-7-5-6-14(18(15)19)13-28-17(25)12-16(20)21/h5-7H,3-4,8-13H2,1-2H3,(H3,20,21). The van der Waals surface area contributed by atoms with Crippen molar-refractivity contribution in [3.05, 3.63) is 29.6 Å². The third-order valence-electron chi connectivity index (χ3n) is 4.72. The first kappa shape index (κ1) is 23.0. The van der Waals surface area contributed by atoms with E-state index in [0.717, 1.165) is 0 Å². The SMILES string of the molecule is CCN(CC)S(=O)(=O)N1CCN(c2cccc(COC(=O)CC(=N)N)c2F)CC1. The van der Waals surface area contributed by atoms with Gasteiger partial charge in [-0.1, -0.05) is 26.0 Å². The van der Waals surface area contributed by atoms with Crippen LogP contribution in [0.4, 0.5) is 10.1 Å². The predicted molar refractivity (Wildman–Crippen MR) is 108 cm³/mol. The second kappa shape index (κ2) is 9.99. The van der Waals surface area contributed by atoms with Crippen molar-refractivity contribution in [3.63, 3.8) is 0 Å². The largest absolute Gasteiger partial charge is 0.460 e. The Morgan fingerprint density at radius 1 is 1.24 bits per heavy atom. The van der Waals surface area contributed by atoms with Crippen LogP contribution in [0.5, 0.6) is 0 Å². The molecular weight excluding hydrogens is 401 g/mol. The number of anilines is 1. The van der Waals surface area contributed by atoms with Crippen molar-refractivity contribution in [3.8, 4) is 0 Å². The summed E-state index contributed by atoms with van der Waals surface area (Å²) in [6, 6.07) is 4.79.